The Hall–Kier alpha value is -0.763. The molecule has 46 valence electrons. The topological polar surface area (TPSA) is 20.2 Å². The Morgan fingerprint density at radius 2 is 1.78 bits per heavy atom. The number of rotatable bonds is 1. The SMILES string of the molecule is C[Si]c1ccc(O)cc1. The number of hydrogen-bond donors (Lipinski definition) is 1. The van der Waals surface area contributed by atoms with Gasteiger partial charge in [0, 0.05) is 0 Å². The van der Waals surface area contributed by atoms with Crippen LogP contribution in [-0.2, 0) is 0 Å². The van der Waals surface area contributed by atoms with Gasteiger partial charge in [0.2, 0.25) is 0 Å². The molecule has 9 heavy (non-hydrogen) atoms. The zero-order valence-electron chi connectivity index (χ0n) is 5.26. The maximum atomic E-state index is 8.86. The van der Waals surface area contributed by atoms with E-state index in [0.29, 0.717) is 5.75 Å². The number of phenols is 1. The maximum absolute atomic E-state index is 8.86. The lowest BCUT2D eigenvalue weighted by Gasteiger charge is -1.92. The summed E-state index contributed by atoms with van der Waals surface area (Å²) < 4.78 is 0. The first kappa shape index (κ1) is 6.36. The average Bonchev–Trinajstić information content (AvgIpc) is 1.90. The molecule has 0 aromatic heterocycles. The third-order valence-corrected chi connectivity index (χ3v) is 2.07. The van der Waals surface area contributed by atoms with Crippen molar-refractivity contribution in [2.75, 3.05) is 0 Å². The maximum Gasteiger partial charge on any atom is 0.115 e. The number of hydrogen-bond acceptors (Lipinski definition) is 1. The fraction of sp³-hybridized carbons (Fsp3) is 0.143. The van der Waals surface area contributed by atoms with Crippen molar-refractivity contribution in [1.82, 2.24) is 0 Å². The van der Waals surface area contributed by atoms with Crippen LogP contribution < -0.4 is 5.19 Å². The van der Waals surface area contributed by atoms with Gasteiger partial charge in [-0.25, -0.2) is 0 Å². The Bertz CT molecular complexity index is 181. The van der Waals surface area contributed by atoms with Crippen LogP contribution in [0.1, 0.15) is 0 Å². The third-order valence-electron chi connectivity index (χ3n) is 1.16. The van der Waals surface area contributed by atoms with Gasteiger partial charge < -0.3 is 5.11 Å². The molecule has 0 heterocycles. The Balaban J connectivity index is 2.88. The molecule has 0 unspecified atom stereocenters. The van der Waals surface area contributed by atoms with Crippen LogP contribution in [0.5, 0.6) is 5.75 Å². The molecule has 2 heteroatoms. The Morgan fingerprint density at radius 3 is 2.22 bits per heavy atom. The van der Waals surface area contributed by atoms with Crippen LogP contribution in [0.25, 0.3) is 0 Å². The fourth-order valence-corrected chi connectivity index (χ4v) is 1.13. The molecule has 1 rings (SSSR count). The second kappa shape index (κ2) is 2.69. The monoisotopic (exact) mass is 136 g/mol. The van der Waals surface area contributed by atoms with E-state index in [1.165, 1.54) is 5.19 Å². The lowest BCUT2D eigenvalue weighted by atomic mass is 10.3. The van der Waals surface area contributed by atoms with E-state index in [4.69, 9.17) is 5.11 Å². The van der Waals surface area contributed by atoms with E-state index < -0.39 is 0 Å². The zero-order valence-corrected chi connectivity index (χ0v) is 6.26. The van der Waals surface area contributed by atoms with Crippen molar-refractivity contribution < 1.29 is 5.11 Å². The van der Waals surface area contributed by atoms with Crippen molar-refractivity contribution in [3.63, 3.8) is 0 Å². The quantitative estimate of drug-likeness (QED) is 0.565. The van der Waals surface area contributed by atoms with E-state index in [2.05, 4.69) is 6.55 Å². The van der Waals surface area contributed by atoms with E-state index in [1.54, 1.807) is 12.1 Å². The smallest absolute Gasteiger partial charge is 0.115 e. The van der Waals surface area contributed by atoms with E-state index >= 15 is 0 Å². The van der Waals surface area contributed by atoms with Gasteiger partial charge in [0.05, 0.1) is 9.52 Å². The molecule has 1 N–H and O–H groups in total. The fourth-order valence-electron chi connectivity index (χ4n) is 0.628. The lowest BCUT2D eigenvalue weighted by Crippen LogP contribution is -2.07. The summed E-state index contributed by atoms with van der Waals surface area (Å²) in [6, 6.07) is 7.30. The molecule has 0 bridgehead atoms. The van der Waals surface area contributed by atoms with Gasteiger partial charge in [-0.3, -0.25) is 0 Å². The van der Waals surface area contributed by atoms with Gasteiger partial charge in [0.15, 0.2) is 0 Å². The first-order chi connectivity index (χ1) is 4.33. The summed E-state index contributed by atoms with van der Waals surface area (Å²) in [5.41, 5.74) is 0. The van der Waals surface area contributed by atoms with Crippen molar-refractivity contribution in [2.45, 2.75) is 6.55 Å². The molecule has 1 aromatic rings. The van der Waals surface area contributed by atoms with Crippen LogP contribution >= 0.6 is 0 Å². The average molecular weight is 136 g/mol. The van der Waals surface area contributed by atoms with Gasteiger partial charge in [-0.15, -0.1) is 0 Å². The van der Waals surface area contributed by atoms with E-state index in [0.717, 1.165) is 9.52 Å². The molecule has 0 aliphatic carbocycles. The minimum atomic E-state index is 0.344. The summed E-state index contributed by atoms with van der Waals surface area (Å²) in [7, 11) is 0.815. The summed E-state index contributed by atoms with van der Waals surface area (Å²) in [5, 5.41) is 10.1. The van der Waals surface area contributed by atoms with Crippen LogP contribution in [0.4, 0.5) is 0 Å². The second-order valence-corrected chi connectivity index (χ2v) is 2.87. The van der Waals surface area contributed by atoms with Crippen molar-refractivity contribution in [3.8, 4) is 5.75 Å². The molecule has 0 fully saturated rings. The first-order valence-electron chi connectivity index (χ1n) is 2.79. The normalized spacial score (nSPS) is 9.44. The van der Waals surface area contributed by atoms with Crippen LogP contribution in [0.3, 0.4) is 0 Å². The lowest BCUT2D eigenvalue weighted by molar-refractivity contribution is 0.475. The predicted octanol–water partition coefficient (Wildman–Crippen LogP) is 0.770. The van der Waals surface area contributed by atoms with Crippen molar-refractivity contribution in [3.05, 3.63) is 24.3 Å². The molecular formula is C7H8OSi. The first-order valence-corrected chi connectivity index (χ1v) is 4.29. The molecule has 0 spiro atoms. The highest BCUT2D eigenvalue weighted by Crippen LogP contribution is 2.01. The van der Waals surface area contributed by atoms with Crippen LogP contribution in [0.15, 0.2) is 24.3 Å². The van der Waals surface area contributed by atoms with Crippen LogP contribution in [0.2, 0.25) is 6.55 Å². The van der Waals surface area contributed by atoms with Gasteiger partial charge in [-0.2, -0.15) is 0 Å². The number of benzene rings is 1. The number of phenolic OH excluding ortho intramolecular Hbond substituents is 1. The highest BCUT2D eigenvalue weighted by molar-refractivity contribution is 6.51. The molecule has 1 nitrogen and oxygen atoms in total. The Labute approximate surface area is 57.2 Å². The van der Waals surface area contributed by atoms with Gasteiger partial charge in [0.1, 0.15) is 5.75 Å². The molecular weight excluding hydrogens is 128 g/mol. The van der Waals surface area contributed by atoms with E-state index in [9.17, 15) is 0 Å². The van der Waals surface area contributed by atoms with Crippen molar-refractivity contribution in [2.24, 2.45) is 0 Å². The molecule has 0 saturated carbocycles. The minimum Gasteiger partial charge on any atom is -0.508 e. The molecule has 0 aliphatic rings. The van der Waals surface area contributed by atoms with Crippen LogP contribution in [0, 0.1) is 0 Å². The van der Waals surface area contributed by atoms with Gasteiger partial charge in [-0.1, -0.05) is 23.9 Å². The summed E-state index contributed by atoms with van der Waals surface area (Å²) in [4.78, 5) is 0. The zero-order chi connectivity index (χ0) is 6.69. The summed E-state index contributed by atoms with van der Waals surface area (Å²) in [6.07, 6.45) is 0. The standard InChI is InChI=1S/C7H8OSi/c1-9-7-4-2-6(8)3-5-7/h2-5,8H,1H3. The Kier molecular flexibility index (Phi) is 1.90. The van der Waals surface area contributed by atoms with Crippen LogP contribution in [-0.4, -0.2) is 14.6 Å². The molecule has 2 radical (unpaired) electrons. The van der Waals surface area contributed by atoms with Crippen molar-refractivity contribution >= 4 is 14.7 Å². The third kappa shape index (κ3) is 1.57. The molecule has 0 atom stereocenters. The highest BCUT2D eigenvalue weighted by atomic mass is 28.2. The number of aromatic hydroxyl groups is 1. The summed E-state index contributed by atoms with van der Waals surface area (Å²) >= 11 is 0. The molecule has 0 aliphatic heterocycles. The van der Waals surface area contributed by atoms with Gasteiger partial charge in [-0.05, 0) is 12.1 Å². The van der Waals surface area contributed by atoms with E-state index in [-0.39, 0.29) is 0 Å². The predicted molar refractivity (Wildman–Crippen MR) is 39.4 cm³/mol. The summed E-state index contributed by atoms with van der Waals surface area (Å²) in [5.74, 6) is 0.344. The molecule has 0 saturated heterocycles. The van der Waals surface area contributed by atoms with Gasteiger partial charge in [0.25, 0.3) is 0 Å². The molecule has 1 aromatic carbocycles. The summed E-state index contributed by atoms with van der Waals surface area (Å²) in [6.45, 7) is 2.12. The largest absolute Gasteiger partial charge is 0.508 e. The Morgan fingerprint density at radius 1 is 1.22 bits per heavy atom. The van der Waals surface area contributed by atoms with Crippen molar-refractivity contribution in [1.29, 1.82) is 0 Å². The highest BCUT2D eigenvalue weighted by Gasteiger charge is 1.87. The minimum absolute atomic E-state index is 0.344. The molecule has 0 amide bonds. The van der Waals surface area contributed by atoms with E-state index in [1.807, 2.05) is 12.1 Å². The second-order valence-electron chi connectivity index (χ2n) is 1.80. The van der Waals surface area contributed by atoms with Gasteiger partial charge >= 0.3 is 0 Å².